The highest BCUT2D eigenvalue weighted by molar-refractivity contribution is 5.80. The first-order valence-corrected chi connectivity index (χ1v) is 6.38. The minimum absolute atomic E-state index is 0.0547. The molecule has 104 valence electrons. The summed E-state index contributed by atoms with van der Waals surface area (Å²) >= 11 is 0. The molecule has 0 bridgehead atoms. The Labute approximate surface area is 111 Å². The van der Waals surface area contributed by atoms with E-state index in [1.54, 1.807) is 6.92 Å². The van der Waals surface area contributed by atoms with Gasteiger partial charge in [-0.15, -0.1) is 0 Å². The van der Waals surface area contributed by atoms with E-state index < -0.39 is 11.5 Å². The van der Waals surface area contributed by atoms with E-state index in [9.17, 15) is 14.3 Å². The maximum Gasteiger partial charge on any atom is 0.328 e. The molecule has 1 aliphatic heterocycles. The van der Waals surface area contributed by atoms with E-state index in [2.05, 4.69) is 5.32 Å². The molecule has 19 heavy (non-hydrogen) atoms. The van der Waals surface area contributed by atoms with Crippen LogP contribution in [0.3, 0.4) is 0 Å². The van der Waals surface area contributed by atoms with Crippen LogP contribution in [0.25, 0.3) is 0 Å². The third-order valence-corrected chi connectivity index (χ3v) is 3.56. The van der Waals surface area contributed by atoms with Gasteiger partial charge in [-0.2, -0.15) is 0 Å². The zero-order valence-corrected chi connectivity index (χ0v) is 10.9. The highest BCUT2D eigenvalue weighted by Crippen LogP contribution is 2.22. The first kappa shape index (κ1) is 14.0. The summed E-state index contributed by atoms with van der Waals surface area (Å²) in [4.78, 5) is 11.5. The number of hydrogen-bond donors (Lipinski definition) is 2. The van der Waals surface area contributed by atoms with Gasteiger partial charge in [-0.25, -0.2) is 9.18 Å². The number of rotatable bonds is 5. The smallest absolute Gasteiger partial charge is 0.328 e. The second-order valence-electron chi connectivity index (χ2n) is 4.95. The van der Waals surface area contributed by atoms with Gasteiger partial charge in [-0.05, 0) is 37.5 Å². The number of carboxylic acids is 1. The Kier molecular flexibility index (Phi) is 4.17. The van der Waals surface area contributed by atoms with Gasteiger partial charge >= 0.3 is 5.97 Å². The Morgan fingerprint density at radius 1 is 1.53 bits per heavy atom. The number of benzene rings is 1. The number of carbonyl (C=O) groups is 1. The molecule has 1 fully saturated rings. The molecule has 2 unspecified atom stereocenters. The van der Waals surface area contributed by atoms with Gasteiger partial charge in [0.1, 0.15) is 11.4 Å². The molecule has 1 heterocycles. The second-order valence-corrected chi connectivity index (χ2v) is 4.95. The predicted octanol–water partition coefficient (Wildman–Crippen LogP) is 1.89. The summed E-state index contributed by atoms with van der Waals surface area (Å²) in [6.45, 7) is 2.78. The Bertz CT molecular complexity index is 443. The molecule has 5 heteroatoms. The third-order valence-electron chi connectivity index (χ3n) is 3.56. The summed E-state index contributed by atoms with van der Waals surface area (Å²) in [7, 11) is 0. The maximum atomic E-state index is 12.9. The molecule has 1 aromatic carbocycles. The van der Waals surface area contributed by atoms with E-state index in [1.807, 2.05) is 0 Å². The molecule has 0 radical (unpaired) electrons. The molecule has 0 spiro atoms. The largest absolute Gasteiger partial charge is 0.480 e. The van der Waals surface area contributed by atoms with Crippen LogP contribution < -0.4 is 5.32 Å². The van der Waals surface area contributed by atoms with Gasteiger partial charge in [0.25, 0.3) is 0 Å². The quantitative estimate of drug-likeness (QED) is 0.855. The Hall–Kier alpha value is -1.46. The van der Waals surface area contributed by atoms with Gasteiger partial charge < -0.3 is 9.84 Å². The van der Waals surface area contributed by atoms with Crippen molar-refractivity contribution in [3.8, 4) is 0 Å². The molecule has 1 saturated heterocycles. The first-order chi connectivity index (χ1) is 9.02. The lowest BCUT2D eigenvalue weighted by Gasteiger charge is -2.28. The topological polar surface area (TPSA) is 58.6 Å². The molecule has 2 rings (SSSR count). The van der Waals surface area contributed by atoms with E-state index in [-0.39, 0.29) is 11.9 Å². The van der Waals surface area contributed by atoms with Crippen molar-refractivity contribution in [1.82, 2.24) is 5.32 Å². The van der Waals surface area contributed by atoms with Gasteiger partial charge in [-0.1, -0.05) is 12.1 Å². The van der Waals surface area contributed by atoms with Gasteiger partial charge in [-0.3, -0.25) is 5.32 Å². The lowest BCUT2D eigenvalue weighted by atomic mass is 9.91. The van der Waals surface area contributed by atoms with E-state index in [0.29, 0.717) is 12.1 Å². The third kappa shape index (κ3) is 3.11. The monoisotopic (exact) mass is 267 g/mol. The number of halogens is 1. The number of hydrogen-bond acceptors (Lipinski definition) is 3. The molecule has 0 amide bonds. The summed E-state index contributed by atoms with van der Waals surface area (Å²) in [6.07, 6.45) is 2.00. The minimum Gasteiger partial charge on any atom is -0.480 e. The fraction of sp³-hybridized carbons (Fsp3) is 0.500. The predicted molar refractivity (Wildman–Crippen MR) is 68.4 cm³/mol. The standard InChI is InChI=1S/C14H18FNO3/c1-14(13(17)18,10-4-6-11(15)7-5-10)16-9-12-3-2-8-19-12/h4-7,12,16H,2-3,8-9H2,1H3,(H,17,18). The molecule has 4 nitrogen and oxygen atoms in total. The molecule has 0 aromatic heterocycles. The zero-order chi connectivity index (χ0) is 13.9. The van der Waals surface area contributed by atoms with Gasteiger partial charge in [0.2, 0.25) is 0 Å². The van der Waals surface area contributed by atoms with Crippen molar-refractivity contribution < 1.29 is 19.0 Å². The van der Waals surface area contributed by atoms with Crippen LogP contribution in [0.1, 0.15) is 25.3 Å². The first-order valence-electron chi connectivity index (χ1n) is 6.38. The lowest BCUT2D eigenvalue weighted by Crippen LogP contribution is -2.49. The van der Waals surface area contributed by atoms with E-state index in [4.69, 9.17) is 4.74 Å². The molecule has 2 N–H and O–H groups in total. The molecule has 0 saturated carbocycles. The Balaban J connectivity index is 2.12. The van der Waals surface area contributed by atoms with Crippen molar-refractivity contribution >= 4 is 5.97 Å². The summed E-state index contributed by atoms with van der Waals surface area (Å²) in [6, 6.07) is 5.52. The number of carboxylic acid groups (broad SMARTS) is 1. The Morgan fingerprint density at radius 2 is 2.21 bits per heavy atom. The number of ether oxygens (including phenoxy) is 1. The van der Waals surface area contributed by atoms with Crippen molar-refractivity contribution in [3.05, 3.63) is 35.6 Å². The van der Waals surface area contributed by atoms with Crippen LogP contribution in [0, 0.1) is 5.82 Å². The van der Waals surface area contributed by atoms with Crippen LogP contribution in [-0.2, 0) is 15.1 Å². The molecule has 2 atom stereocenters. The lowest BCUT2D eigenvalue weighted by molar-refractivity contribution is -0.144. The van der Waals surface area contributed by atoms with Crippen LogP contribution >= 0.6 is 0 Å². The van der Waals surface area contributed by atoms with Crippen molar-refractivity contribution in [3.63, 3.8) is 0 Å². The highest BCUT2D eigenvalue weighted by atomic mass is 19.1. The molecule has 1 aliphatic rings. The van der Waals surface area contributed by atoms with Crippen molar-refractivity contribution in [2.24, 2.45) is 0 Å². The number of nitrogens with one attached hydrogen (secondary N) is 1. The Morgan fingerprint density at radius 3 is 2.74 bits per heavy atom. The van der Waals surface area contributed by atoms with Gasteiger partial charge in [0, 0.05) is 13.2 Å². The SMILES string of the molecule is CC(NCC1CCCO1)(C(=O)O)c1ccc(F)cc1. The summed E-state index contributed by atoms with van der Waals surface area (Å²) in [5, 5.41) is 12.5. The van der Waals surface area contributed by atoms with Crippen molar-refractivity contribution in [2.45, 2.75) is 31.4 Å². The van der Waals surface area contributed by atoms with Crippen LogP contribution in [0.15, 0.2) is 24.3 Å². The second kappa shape index (κ2) is 5.67. The minimum atomic E-state index is -1.24. The van der Waals surface area contributed by atoms with Crippen LogP contribution in [0.4, 0.5) is 4.39 Å². The van der Waals surface area contributed by atoms with Gasteiger partial charge in [0.15, 0.2) is 0 Å². The summed E-state index contributed by atoms with van der Waals surface area (Å²) in [5.74, 6) is -1.37. The fourth-order valence-corrected chi connectivity index (χ4v) is 2.21. The van der Waals surface area contributed by atoms with Gasteiger partial charge in [0.05, 0.1) is 6.10 Å². The normalized spacial score (nSPS) is 22.1. The van der Waals surface area contributed by atoms with Crippen LogP contribution in [-0.4, -0.2) is 30.3 Å². The highest BCUT2D eigenvalue weighted by Gasteiger charge is 2.35. The average molecular weight is 267 g/mol. The van der Waals surface area contributed by atoms with E-state index in [0.717, 1.165) is 19.4 Å². The number of aliphatic carboxylic acids is 1. The maximum absolute atomic E-state index is 12.9. The van der Waals surface area contributed by atoms with Crippen molar-refractivity contribution in [2.75, 3.05) is 13.2 Å². The molecular formula is C14H18FNO3. The molecular weight excluding hydrogens is 249 g/mol. The van der Waals surface area contributed by atoms with Crippen LogP contribution in [0.5, 0.6) is 0 Å². The fourth-order valence-electron chi connectivity index (χ4n) is 2.21. The van der Waals surface area contributed by atoms with E-state index in [1.165, 1.54) is 24.3 Å². The summed E-state index contributed by atoms with van der Waals surface area (Å²) < 4.78 is 18.4. The molecule has 1 aromatic rings. The van der Waals surface area contributed by atoms with E-state index >= 15 is 0 Å². The molecule has 0 aliphatic carbocycles. The van der Waals surface area contributed by atoms with Crippen molar-refractivity contribution in [1.29, 1.82) is 0 Å². The summed E-state index contributed by atoms with van der Waals surface area (Å²) in [5.41, 5.74) is -0.709. The average Bonchev–Trinajstić information content (AvgIpc) is 2.89. The van der Waals surface area contributed by atoms with Crippen LogP contribution in [0.2, 0.25) is 0 Å². The zero-order valence-electron chi connectivity index (χ0n) is 10.9.